The summed E-state index contributed by atoms with van der Waals surface area (Å²) in [5, 5.41) is 5.48. The van der Waals surface area contributed by atoms with E-state index in [4.69, 9.17) is 5.73 Å². The van der Waals surface area contributed by atoms with Crippen LogP contribution >= 0.6 is 0 Å². The summed E-state index contributed by atoms with van der Waals surface area (Å²) in [4.78, 5) is 19.3. The maximum atomic E-state index is 13.5. The Hall–Kier alpha value is -2.93. The smallest absolute Gasteiger partial charge is 0.369 e. The van der Waals surface area contributed by atoms with E-state index < -0.39 is 45.4 Å². The van der Waals surface area contributed by atoms with Crippen LogP contribution in [0.2, 0.25) is 0 Å². The number of nitrogens with one attached hydrogen (secondary N) is 2. The first-order chi connectivity index (χ1) is 14.9. The van der Waals surface area contributed by atoms with Crippen molar-refractivity contribution in [1.29, 1.82) is 0 Å². The van der Waals surface area contributed by atoms with Crippen LogP contribution in [0.5, 0.6) is 0 Å². The van der Waals surface area contributed by atoms with Crippen molar-refractivity contribution in [3.63, 3.8) is 0 Å². The molecule has 1 aromatic carbocycles. The monoisotopic (exact) mass is 488 g/mol. The largest absolute Gasteiger partial charge is 0.421 e. The summed E-state index contributed by atoms with van der Waals surface area (Å²) in [6.45, 7) is 0. The van der Waals surface area contributed by atoms with Gasteiger partial charge in [0.25, 0.3) is 0 Å². The SMILES string of the molecule is C.CN(C)S(=O)(=O)c1ccc(Nc2ncc(C(F)(F)F)c(N[C@@H]3CCC[C@@H]3C(N)=O)n2)cc1. The molecule has 0 radical (unpaired) electrons. The Morgan fingerprint density at radius 2 is 1.82 bits per heavy atom. The van der Waals surface area contributed by atoms with E-state index >= 15 is 0 Å². The fourth-order valence-corrected chi connectivity index (χ4v) is 4.36. The third-order valence-electron chi connectivity index (χ3n) is 5.19. The van der Waals surface area contributed by atoms with Crippen LogP contribution in [0.3, 0.4) is 0 Å². The van der Waals surface area contributed by atoms with Crippen molar-refractivity contribution in [1.82, 2.24) is 14.3 Å². The lowest BCUT2D eigenvalue weighted by molar-refractivity contribution is -0.137. The summed E-state index contributed by atoms with van der Waals surface area (Å²) in [5.74, 6) is -1.75. The molecular formula is C20H27F3N6O3S. The number of alkyl halides is 3. The first-order valence-electron chi connectivity index (χ1n) is 9.69. The molecule has 0 aliphatic heterocycles. The van der Waals surface area contributed by atoms with Gasteiger partial charge in [-0.05, 0) is 37.1 Å². The predicted octanol–water partition coefficient (Wildman–Crippen LogP) is 3.19. The first-order valence-corrected chi connectivity index (χ1v) is 11.1. The predicted molar refractivity (Wildman–Crippen MR) is 118 cm³/mol. The molecule has 1 amide bonds. The van der Waals surface area contributed by atoms with Gasteiger partial charge in [0.2, 0.25) is 21.9 Å². The minimum Gasteiger partial charge on any atom is -0.369 e. The van der Waals surface area contributed by atoms with Crippen molar-refractivity contribution in [2.24, 2.45) is 11.7 Å². The number of carbonyl (C=O) groups is 1. The highest BCUT2D eigenvalue weighted by atomic mass is 32.2. The maximum Gasteiger partial charge on any atom is 0.421 e. The quantitative estimate of drug-likeness (QED) is 0.546. The number of amides is 1. The van der Waals surface area contributed by atoms with Crippen LogP contribution in [0.15, 0.2) is 35.4 Å². The molecule has 4 N–H and O–H groups in total. The van der Waals surface area contributed by atoms with Crippen molar-refractivity contribution >= 4 is 33.4 Å². The molecule has 2 atom stereocenters. The normalized spacial score (nSPS) is 18.6. The zero-order valence-corrected chi connectivity index (χ0v) is 18.2. The van der Waals surface area contributed by atoms with Gasteiger partial charge in [-0.3, -0.25) is 4.79 Å². The van der Waals surface area contributed by atoms with Crippen molar-refractivity contribution in [3.05, 3.63) is 36.0 Å². The molecule has 1 heterocycles. The second-order valence-corrected chi connectivity index (χ2v) is 9.73. The van der Waals surface area contributed by atoms with Crippen molar-refractivity contribution in [2.75, 3.05) is 24.7 Å². The number of benzene rings is 1. The van der Waals surface area contributed by atoms with Gasteiger partial charge in [0, 0.05) is 32.0 Å². The lowest BCUT2D eigenvalue weighted by Gasteiger charge is -2.22. The average Bonchev–Trinajstić information content (AvgIpc) is 3.16. The number of hydrogen-bond acceptors (Lipinski definition) is 7. The van der Waals surface area contributed by atoms with Crippen LogP contribution in [0, 0.1) is 5.92 Å². The Kier molecular flexibility index (Phi) is 7.91. The summed E-state index contributed by atoms with van der Waals surface area (Å²) in [7, 11) is -0.815. The van der Waals surface area contributed by atoms with E-state index in [1.165, 1.54) is 38.4 Å². The number of carbonyl (C=O) groups excluding carboxylic acids is 1. The zero-order chi connectivity index (χ0) is 23.7. The molecule has 1 aliphatic carbocycles. The molecule has 9 nitrogen and oxygen atoms in total. The molecule has 33 heavy (non-hydrogen) atoms. The molecule has 0 spiro atoms. The Balaban J connectivity index is 0.00000385. The van der Waals surface area contributed by atoms with Gasteiger partial charge in [-0.15, -0.1) is 0 Å². The highest BCUT2D eigenvalue weighted by molar-refractivity contribution is 7.89. The summed E-state index contributed by atoms with van der Waals surface area (Å²) in [5.41, 5.74) is 4.68. The van der Waals surface area contributed by atoms with E-state index in [2.05, 4.69) is 20.6 Å². The molecule has 0 unspecified atom stereocenters. The van der Waals surface area contributed by atoms with E-state index in [9.17, 15) is 26.4 Å². The molecule has 3 rings (SSSR count). The molecule has 1 aromatic heterocycles. The topological polar surface area (TPSA) is 130 Å². The third kappa shape index (κ3) is 5.90. The lowest BCUT2D eigenvalue weighted by Crippen LogP contribution is -2.35. The standard InChI is InChI=1S/C19H23F3N6O3S.CH4/c1-28(2)32(30,31)12-8-6-11(7-9-12)25-18-24-10-14(19(20,21)22)17(27-18)26-15-5-3-4-13(15)16(23)29;/h6-10,13,15H,3-5H2,1-2H3,(H2,23,29)(H2,24,25,26,27);1H4/t13-,15+;/m0./s1. The second-order valence-electron chi connectivity index (χ2n) is 7.58. The number of nitrogens with two attached hydrogens (primary N) is 1. The van der Waals surface area contributed by atoms with Crippen LogP contribution < -0.4 is 16.4 Å². The molecule has 1 fully saturated rings. The van der Waals surface area contributed by atoms with Gasteiger partial charge < -0.3 is 16.4 Å². The highest BCUT2D eigenvalue weighted by Gasteiger charge is 2.38. The lowest BCUT2D eigenvalue weighted by atomic mass is 10.0. The van der Waals surface area contributed by atoms with Crippen LogP contribution in [0.25, 0.3) is 0 Å². The second kappa shape index (κ2) is 9.91. The number of aromatic nitrogens is 2. The zero-order valence-electron chi connectivity index (χ0n) is 17.3. The molecule has 182 valence electrons. The Morgan fingerprint density at radius 1 is 1.18 bits per heavy atom. The number of hydrogen-bond donors (Lipinski definition) is 3. The first kappa shape index (κ1) is 26.3. The molecular weight excluding hydrogens is 461 g/mol. The van der Waals surface area contributed by atoms with Gasteiger partial charge in [0.15, 0.2) is 0 Å². The third-order valence-corrected chi connectivity index (χ3v) is 7.02. The van der Waals surface area contributed by atoms with Crippen LogP contribution in [0.4, 0.5) is 30.6 Å². The summed E-state index contributed by atoms with van der Waals surface area (Å²) in [6, 6.07) is 5.05. The minimum absolute atomic E-state index is 0. The van der Waals surface area contributed by atoms with Crippen LogP contribution in [-0.2, 0) is 21.0 Å². The van der Waals surface area contributed by atoms with Gasteiger partial charge in [0.05, 0.1) is 10.8 Å². The summed E-state index contributed by atoms with van der Waals surface area (Å²) in [6.07, 6.45) is -2.42. The molecule has 1 aliphatic rings. The maximum absolute atomic E-state index is 13.5. The Labute approximate surface area is 190 Å². The van der Waals surface area contributed by atoms with Crippen molar-refractivity contribution < 1.29 is 26.4 Å². The molecule has 1 saturated carbocycles. The number of nitrogens with zero attached hydrogens (tertiary/aromatic N) is 3. The summed E-state index contributed by atoms with van der Waals surface area (Å²) < 4.78 is 65.8. The van der Waals surface area contributed by atoms with Gasteiger partial charge in [-0.25, -0.2) is 17.7 Å². The fourth-order valence-electron chi connectivity index (χ4n) is 3.46. The summed E-state index contributed by atoms with van der Waals surface area (Å²) >= 11 is 0. The number of halogens is 3. The number of anilines is 3. The number of primary amides is 1. The van der Waals surface area contributed by atoms with Crippen LogP contribution in [-0.4, -0.2) is 48.7 Å². The van der Waals surface area contributed by atoms with Crippen molar-refractivity contribution in [2.45, 2.75) is 43.8 Å². The van der Waals surface area contributed by atoms with Gasteiger partial charge in [-0.1, -0.05) is 13.8 Å². The average molecular weight is 489 g/mol. The van der Waals surface area contributed by atoms with Crippen LogP contribution in [0.1, 0.15) is 32.3 Å². The Bertz CT molecular complexity index is 1090. The van der Waals surface area contributed by atoms with Gasteiger partial charge in [0.1, 0.15) is 11.4 Å². The van der Waals surface area contributed by atoms with E-state index in [1.807, 2.05) is 0 Å². The van der Waals surface area contributed by atoms with Gasteiger partial charge in [-0.2, -0.15) is 18.2 Å². The number of rotatable bonds is 7. The van der Waals surface area contributed by atoms with E-state index in [0.29, 0.717) is 31.1 Å². The van der Waals surface area contributed by atoms with Crippen molar-refractivity contribution in [3.8, 4) is 0 Å². The van der Waals surface area contributed by atoms with E-state index in [1.54, 1.807) is 0 Å². The van der Waals surface area contributed by atoms with Gasteiger partial charge >= 0.3 is 6.18 Å². The molecule has 2 aromatic rings. The number of sulfonamides is 1. The highest BCUT2D eigenvalue weighted by Crippen LogP contribution is 2.36. The van der Waals surface area contributed by atoms with E-state index in [0.717, 1.165) is 4.31 Å². The molecule has 0 saturated heterocycles. The van der Waals surface area contributed by atoms with E-state index in [-0.39, 0.29) is 18.3 Å². The Morgan fingerprint density at radius 3 is 2.36 bits per heavy atom. The molecule has 0 bridgehead atoms. The molecule has 13 heteroatoms. The fraction of sp³-hybridized carbons (Fsp3) is 0.450. The minimum atomic E-state index is -4.70.